The van der Waals surface area contributed by atoms with Gasteiger partial charge < -0.3 is 9.80 Å². The average molecular weight is 551 g/mol. The Morgan fingerprint density at radius 1 is 0.951 bits per heavy atom. The fourth-order valence-electron chi connectivity index (χ4n) is 5.87. The molecule has 1 saturated heterocycles. The monoisotopic (exact) mass is 550 g/mol. The van der Waals surface area contributed by atoms with E-state index < -0.39 is 0 Å². The molecule has 0 aliphatic carbocycles. The molecule has 0 spiro atoms. The van der Waals surface area contributed by atoms with Crippen LogP contribution in [0.3, 0.4) is 0 Å². The molecular formula is C33H35FN6O. The first-order chi connectivity index (χ1) is 19.9. The van der Waals surface area contributed by atoms with Crippen molar-refractivity contribution >= 4 is 33.5 Å². The van der Waals surface area contributed by atoms with E-state index in [4.69, 9.17) is 15.1 Å². The molecule has 5 aromatic rings. The highest BCUT2D eigenvalue weighted by molar-refractivity contribution is 6.07. The smallest absolute Gasteiger partial charge is 0.254 e. The predicted molar refractivity (Wildman–Crippen MR) is 161 cm³/mol. The van der Waals surface area contributed by atoms with Gasteiger partial charge in [0.05, 0.1) is 16.8 Å². The van der Waals surface area contributed by atoms with E-state index in [0.717, 1.165) is 76.2 Å². The summed E-state index contributed by atoms with van der Waals surface area (Å²) < 4.78 is 15.5. The molecule has 0 bridgehead atoms. The molecule has 2 aromatic heterocycles. The van der Waals surface area contributed by atoms with Crippen molar-refractivity contribution in [2.75, 3.05) is 31.1 Å². The van der Waals surface area contributed by atoms with Gasteiger partial charge in [-0.25, -0.2) is 19.0 Å². The van der Waals surface area contributed by atoms with Crippen molar-refractivity contribution in [2.24, 2.45) is 0 Å². The van der Waals surface area contributed by atoms with Crippen molar-refractivity contribution < 1.29 is 9.18 Å². The number of aryl methyl sites for hydroxylation is 1. The van der Waals surface area contributed by atoms with E-state index in [-0.39, 0.29) is 17.6 Å². The first-order valence-corrected chi connectivity index (χ1v) is 14.5. The van der Waals surface area contributed by atoms with E-state index in [2.05, 4.69) is 18.7 Å². The third kappa shape index (κ3) is 5.14. The molecule has 0 N–H and O–H groups in total. The molecule has 1 fully saturated rings. The van der Waals surface area contributed by atoms with E-state index in [9.17, 15) is 9.18 Å². The Hall–Kier alpha value is -4.33. The Morgan fingerprint density at radius 3 is 2.54 bits per heavy atom. The minimum atomic E-state index is -0.290. The second-order valence-corrected chi connectivity index (χ2v) is 10.9. The third-order valence-corrected chi connectivity index (χ3v) is 8.04. The quantitative estimate of drug-likeness (QED) is 0.236. The molecule has 1 aliphatic heterocycles. The molecule has 1 unspecified atom stereocenters. The summed E-state index contributed by atoms with van der Waals surface area (Å²) in [5.74, 6) is 1.59. The Balaban J connectivity index is 1.36. The van der Waals surface area contributed by atoms with Crippen LogP contribution in [0.5, 0.6) is 0 Å². The van der Waals surface area contributed by atoms with E-state index >= 15 is 0 Å². The van der Waals surface area contributed by atoms with Crippen molar-refractivity contribution in [3.05, 3.63) is 89.6 Å². The van der Waals surface area contributed by atoms with Crippen molar-refractivity contribution in [1.82, 2.24) is 24.6 Å². The number of rotatable bonds is 6. The Labute approximate surface area is 239 Å². The Morgan fingerprint density at radius 2 is 1.73 bits per heavy atom. The number of carbonyl (C=O) groups is 1. The fourth-order valence-corrected chi connectivity index (χ4v) is 5.87. The van der Waals surface area contributed by atoms with E-state index in [1.54, 1.807) is 16.8 Å². The second-order valence-electron chi connectivity index (χ2n) is 10.9. The van der Waals surface area contributed by atoms with Crippen LogP contribution in [0.2, 0.25) is 0 Å². The maximum atomic E-state index is 13.7. The zero-order valence-electron chi connectivity index (χ0n) is 23.8. The first kappa shape index (κ1) is 26.9. The van der Waals surface area contributed by atoms with Crippen molar-refractivity contribution in [1.29, 1.82) is 0 Å². The lowest BCUT2D eigenvalue weighted by Crippen LogP contribution is -2.35. The number of benzene rings is 3. The summed E-state index contributed by atoms with van der Waals surface area (Å²) in [6, 6.07) is 20.3. The third-order valence-electron chi connectivity index (χ3n) is 8.04. The lowest BCUT2D eigenvalue weighted by Gasteiger charge is -2.25. The van der Waals surface area contributed by atoms with Crippen LogP contribution in [0.1, 0.15) is 60.9 Å². The summed E-state index contributed by atoms with van der Waals surface area (Å²) in [6.07, 6.45) is 2.83. The lowest BCUT2D eigenvalue weighted by atomic mass is 10.0. The van der Waals surface area contributed by atoms with Gasteiger partial charge in [0.15, 0.2) is 5.65 Å². The van der Waals surface area contributed by atoms with E-state index in [0.29, 0.717) is 19.6 Å². The van der Waals surface area contributed by atoms with Gasteiger partial charge in [0.1, 0.15) is 17.5 Å². The molecule has 1 aliphatic rings. The molecule has 3 heterocycles. The number of aromatic nitrogens is 4. The van der Waals surface area contributed by atoms with Crippen LogP contribution < -0.4 is 4.90 Å². The molecule has 210 valence electrons. The number of anilines is 1. The van der Waals surface area contributed by atoms with E-state index in [1.165, 1.54) is 12.1 Å². The number of halogens is 1. The molecule has 41 heavy (non-hydrogen) atoms. The Bertz CT molecular complexity index is 1710. The van der Waals surface area contributed by atoms with Gasteiger partial charge in [-0.2, -0.15) is 5.10 Å². The van der Waals surface area contributed by atoms with Crippen LogP contribution in [0, 0.1) is 12.7 Å². The minimum absolute atomic E-state index is 0.0639. The van der Waals surface area contributed by atoms with Crippen LogP contribution in [-0.4, -0.2) is 56.7 Å². The number of amides is 1. The number of hydrogen-bond donors (Lipinski definition) is 0. The van der Waals surface area contributed by atoms with Gasteiger partial charge in [0.25, 0.3) is 5.91 Å². The van der Waals surface area contributed by atoms with Gasteiger partial charge in [0, 0.05) is 37.7 Å². The molecule has 8 heteroatoms. The highest BCUT2D eigenvalue weighted by Crippen LogP contribution is 2.32. The minimum Gasteiger partial charge on any atom is -0.354 e. The van der Waals surface area contributed by atoms with Gasteiger partial charge in [0.2, 0.25) is 0 Å². The molecule has 1 amide bonds. The fraction of sp³-hybridized carbons (Fsp3) is 0.333. The molecule has 7 nitrogen and oxygen atoms in total. The largest absolute Gasteiger partial charge is 0.354 e. The van der Waals surface area contributed by atoms with Gasteiger partial charge in [-0.3, -0.25) is 4.79 Å². The maximum Gasteiger partial charge on any atom is 0.254 e. The molecule has 1 atom stereocenters. The molecule has 0 radical (unpaired) electrons. The zero-order chi connectivity index (χ0) is 28.5. The van der Waals surface area contributed by atoms with Crippen molar-refractivity contribution in [3.8, 4) is 5.69 Å². The average Bonchev–Trinajstić information content (AvgIpc) is 3.15. The van der Waals surface area contributed by atoms with Crippen molar-refractivity contribution in [2.45, 2.75) is 46.0 Å². The summed E-state index contributed by atoms with van der Waals surface area (Å²) in [6.45, 7) is 9.00. The number of nitrogens with zero attached hydrogens (tertiary/aromatic N) is 6. The normalized spacial score (nSPS) is 14.9. The standard InChI is InChI=1S/C33H35FN6O/c1-4-9-22(2)30-35-31(29-23(3)37-40(32(29)36-30)26-16-14-25(34)15-17-26)38-18-8-19-39(21-20-38)33(41)28-13-7-11-24-10-5-6-12-27(24)28/h5-7,10-17,22H,4,8-9,18-21H2,1-3H3. The SMILES string of the molecule is CCCC(C)c1nc(N2CCCN(C(=O)c3cccc4ccccc34)CC2)c2c(C)nn(-c3ccc(F)cc3)c2n1. The number of hydrogen-bond acceptors (Lipinski definition) is 5. The van der Waals surface area contributed by atoms with Gasteiger partial charge in [-0.15, -0.1) is 0 Å². The molecular weight excluding hydrogens is 515 g/mol. The molecule has 0 saturated carbocycles. The summed E-state index contributed by atoms with van der Waals surface area (Å²) in [7, 11) is 0. The van der Waals surface area contributed by atoms with Gasteiger partial charge in [-0.1, -0.05) is 56.7 Å². The van der Waals surface area contributed by atoms with Gasteiger partial charge in [-0.05, 0) is 60.9 Å². The maximum absolute atomic E-state index is 13.7. The van der Waals surface area contributed by atoms with Gasteiger partial charge >= 0.3 is 0 Å². The lowest BCUT2D eigenvalue weighted by molar-refractivity contribution is 0.0769. The van der Waals surface area contributed by atoms with Crippen molar-refractivity contribution in [3.63, 3.8) is 0 Å². The highest BCUT2D eigenvalue weighted by atomic mass is 19.1. The topological polar surface area (TPSA) is 67.2 Å². The number of fused-ring (bicyclic) bond motifs is 2. The predicted octanol–water partition coefficient (Wildman–Crippen LogP) is 6.67. The van der Waals surface area contributed by atoms with Crippen LogP contribution in [0.15, 0.2) is 66.7 Å². The summed E-state index contributed by atoms with van der Waals surface area (Å²) >= 11 is 0. The first-order valence-electron chi connectivity index (χ1n) is 14.5. The van der Waals surface area contributed by atoms with E-state index in [1.807, 2.05) is 54.3 Å². The summed E-state index contributed by atoms with van der Waals surface area (Å²) in [5, 5.41) is 7.78. The second kappa shape index (κ2) is 11.3. The van der Waals surface area contributed by atoms with Crippen LogP contribution in [0.4, 0.5) is 10.2 Å². The van der Waals surface area contributed by atoms with Crippen LogP contribution in [0.25, 0.3) is 27.5 Å². The zero-order valence-corrected chi connectivity index (χ0v) is 23.8. The van der Waals surface area contributed by atoms with Crippen LogP contribution >= 0.6 is 0 Å². The summed E-state index contributed by atoms with van der Waals surface area (Å²) in [4.78, 5) is 28.1. The Kier molecular flexibility index (Phi) is 7.39. The molecule has 3 aromatic carbocycles. The number of carbonyl (C=O) groups excluding carboxylic acids is 1. The molecule has 6 rings (SSSR count). The highest BCUT2D eigenvalue weighted by Gasteiger charge is 2.27. The summed E-state index contributed by atoms with van der Waals surface area (Å²) in [5.41, 5.74) is 3.05. The van der Waals surface area contributed by atoms with Crippen LogP contribution in [-0.2, 0) is 0 Å².